The van der Waals surface area contributed by atoms with Gasteiger partial charge in [-0.25, -0.2) is 0 Å². The zero-order valence-corrected chi connectivity index (χ0v) is 18.7. The van der Waals surface area contributed by atoms with Crippen LogP contribution in [0.15, 0.2) is 40.9 Å². The van der Waals surface area contributed by atoms with Crippen LogP contribution in [0.4, 0.5) is 11.4 Å². The second-order valence-electron chi connectivity index (χ2n) is 7.90. The van der Waals surface area contributed by atoms with Gasteiger partial charge in [-0.15, -0.1) is 0 Å². The van der Waals surface area contributed by atoms with Crippen molar-refractivity contribution >= 4 is 39.1 Å². The van der Waals surface area contributed by atoms with Gasteiger partial charge in [-0.3, -0.25) is 9.59 Å². The zero-order chi connectivity index (χ0) is 21.1. The van der Waals surface area contributed by atoms with Crippen LogP contribution in [0, 0.1) is 19.3 Å². The molecule has 0 saturated heterocycles. The molecule has 0 heterocycles. The van der Waals surface area contributed by atoms with Gasteiger partial charge >= 0.3 is 0 Å². The van der Waals surface area contributed by atoms with Crippen LogP contribution in [0.3, 0.4) is 0 Å². The van der Waals surface area contributed by atoms with Crippen LogP contribution in [0.1, 0.15) is 38.8 Å². The Bertz CT molecular complexity index is 865. The van der Waals surface area contributed by atoms with Crippen LogP contribution < -0.4 is 15.4 Å². The fourth-order valence-corrected chi connectivity index (χ4v) is 3.24. The molecule has 2 N–H and O–H groups in total. The van der Waals surface area contributed by atoms with E-state index in [1.165, 1.54) is 0 Å². The molecule has 0 radical (unpaired) electrons. The maximum Gasteiger partial charge on any atom is 0.265 e. The number of rotatable bonds is 5. The predicted molar refractivity (Wildman–Crippen MR) is 117 cm³/mol. The first-order valence-corrected chi connectivity index (χ1v) is 9.92. The molecule has 0 aliphatic heterocycles. The summed E-state index contributed by atoms with van der Waals surface area (Å²) in [6.45, 7) is 11.1. The van der Waals surface area contributed by atoms with Gasteiger partial charge < -0.3 is 15.4 Å². The van der Waals surface area contributed by atoms with E-state index < -0.39 is 11.5 Å². The molecule has 0 fully saturated rings. The average Bonchev–Trinajstić information content (AvgIpc) is 2.57. The summed E-state index contributed by atoms with van der Waals surface area (Å²) in [6, 6.07) is 11.0. The topological polar surface area (TPSA) is 67.4 Å². The molecule has 2 aromatic carbocycles. The summed E-state index contributed by atoms with van der Waals surface area (Å²) < 4.78 is 6.87. The molecule has 2 aromatic rings. The van der Waals surface area contributed by atoms with Crippen molar-refractivity contribution in [3.05, 3.63) is 52.0 Å². The summed E-state index contributed by atoms with van der Waals surface area (Å²) in [4.78, 5) is 24.7. The molecule has 1 atom stereocenters. The van der Waals surface area contributed by atoms with E-state index in [2.05, 4.69) is 26.6 Å². The number of carbonyl (C=O) groups is 2. The normalized spacial score (nSPS) is 12.2. The highest BCUT2D eigenvalue weighted by atomic mass is 79.9. The lowest BCUT2D eigenvalue weighted by molar-refractivity contribution is -0.123. The van der Waals surface area contributed by atoms with E-state index >= 15 is 0 Å². The largest absolute Gasteiger partial charge is 0.480 e. The third-order valence-corrected chi connectivity index (χ3v) is 4.62. The van der Waals surface area contributed by atoms with E-state index in [4.69, 9.17) is 4.74 Å². The first kappa shape index (κ1) is 22.0. The molecule has 150 valence electrons. The summed E-state index contributed by atoms with van der Waals surface area (Å²) >= 11 is 3.46. The van der Waals surface area contributed by atoms with Gasteiger partial charge in [0, 0.05) is 21.3 Å². The van der Waals surface area contributed by atoms with E-state index in [0.717, 1.165) is 15.6 Å². The van der Waals surface area contributed by atoms with Crippen LogP contribution >= 0.6 is 15.9 Å². The number of benzene rings is 2. The molecular formula is C22H27BrN2O3. The molecule has 0 aromatic heterocycles. The Labute approximate surface area is 175 Å². The highest BCUT2D eigenvalue weighted by Crippen LogP contribution is 2.28. The molecule has 0 saturated carbocycles. The second kappa shape index (κ2) is 8.78. The number of hydrogen-bond acceptors (Lipinski definition) is 3. The molecule has 0 aliphatic carbocycles. The van der Waals surface area contributed by atoms with Crippen LogP contribution in [0.25, 0.3) is 0 Å². The first-order valence-electron chi connectivity index (χ1n) is 9.13. The molecule has 1 unspecified atom stereocenters. The predicted octanol–water partition coefficient (Wildman–Crippen LogP) is 5.46. The van der Waals surface area contributed by atoms with E-state index in [1.54, 1.807) is 31.2 Å². The number of ether oxygens (including phenoxy) is 1. The number of carbonyl (C=O) groups excluding carboxylic acids is 2. The van der Waals surface area contributed by atoms with Gasteiger partial charge in [-0.05, 0) is 62.2 Å². The molecule has 6 heteroatoms. The minimum absolute atomic E-state index is 0.0890. The zero-order valence-electron chi connectivity index (χ0n) is 17.1. The van der Waals surface area contributed by atoms with Crippen LogP contribution in [-0.4, -0.2) is 17.9 Å². The van der Waals surface area contributed by atoms with Crippen molar-refractivity contribution < 1.29 is 14.3 Å². The van der Waals surface area contributed by atoms with Gasteiger partial charge in [0.1, 0.15) is 5.75 Å². The van der Waals surface area contributed by atoms with E-state index in [9.17, 15) is 9.59 Å². The van der Waals surface area contributed by atoms with Crippen molar-refractivity contribution in [3.63, 3.8) is 0 Å². The van der Waals surface area contributed by atoms with Crippen LogP contribution in [0.5, 0.6) is 5.75 Å². The number of anilines is 2. The SMILES string of the molecule is Cc1cc(Br)cc(C)c1OC(C)C(=O)Nc1cccc(NC(=O)C(C)(C)C)c1. The highest BCUT2D eigenvalue weighted by molar-refractivity contribution is 9.10. The van der Waals surface area contributed by atoms with Crippen molar-refractivity contribution in [1.29, 1.82) is 0 Å². The van der Waals surface area contributed by atoms with E-state index in [1.807, 2.05) is 46.8 Å². The quantitative estimate of drug-likeness (QED) is 0.640. The second-order valence-corrected chi connectivity index (χ2v) is 8.82. The molecule has 0 bridgehead atoms. The van der Waals surface area contributed by atoms with Crippen molar-refractivity contribution in [2.45, 2.75) is 47.6 Å². The maximum atomic E-state index is 12.6. The molecule has 2 rings (SSSR count). The summed E-state index contributed by atoms with van der Waals surface area (Å²) in [6.07, 6.45) is -0.675. The van der Waals surface area contributed by atoms with Gasteiger partial charge in [0.05, 0.1) is 0 Å². The van der Waals surface area contributed by atoms with Gasteiger partial charge in [0.25, 0.3) is 5.91 Å². The average molecular weight is 447 g/mol. The summed E-state index contributed by atoms with van der Waals surface area (Å²) in [5.74, 6) is 0.354. The molecule has 0 aliphatic rings. The van der Waals surface area contributed by atoms with Crippen molar-refractivity contribution in [3.8, 4) is 5.75 Å². The summed E-state index contributed by atoms with van der Waals surface area (Å²) in [7, 11) is 0. The Morgan fingerprint density at radius 1 is 1.00 bits per heavy atom. The fraction of sp³-hybridized carbons (Fsp3) is 0.364. The van der Waals surface area contributed by atoms with Crippen molar-refractivity contribution in [2.75, 3.05) is 10.6 Å². The smallest absolute Gasteiger partial charge is 0.265 e. The van der Waals surface area contributed by atoms with Gasteiger partial charge in [-0.2, -0.15) is 0 Å². The monoisotopic (exact) mass is 446 g/mol. The molecule has 2 amide bonds. The third kappa shape index (κ3) is 5.83. The Kier molecular flexibility index (Phi) is 6.88. The van der Waals surface area contributed by atoms with Crippen LogP contribution in [-0.2, 0) is 9.59 Å². The number of nitrogens with one attached hydrogen (secondary N) is 2. The van der Waals surface area contributed by atoms with E-state index in [0.29, 0.717) is 17.1 Å². The van der Waals surface area contributed by atoms with Gasteiger partial charge in [0.15, 0.2) is 6.10 Å². The minimum atomic E-state index is -0.675. The van der Waals surface area contributed by atoms with Gasteiger partial charge in [-0.1, -0.05) is 42.8 Å². The minimum Gasteiger partial charge on any atom is -0.480 e. The summed E-state index contributed by atoms with van der Waals surface area (Å²) in [5, 5.41) is 5.70. The summed E-state index contributed by atoms with van der Waals surface area (Å²) in [5.41, 5.74) is 2.64. The highest BCUT2D eigenvalue weighted by Gasteiger charge is 2.21. The van der Waals surface area contributed by atoms with Crippen LogP contribution in [0.2, 0.25) is 0 Å². The number of halogens is 1. The standard InChI is InChI=1S/C22H27BrN2O3/c1-13-10-16(23)11-14(2)19(13)28-15(3)20(26)24-17-8-7-9-18(12-17)25-21(27)22(4,5)6/h7-12,15H,1-6H3,(H,24,26)(H,25,27). The number of hydrogen-bond donors (Lipinski definition) is 2. The molecular weight excluding hydrogens is 420 g/mol. The molecule has 5 nitrogen and oxygen atoms in total. The Balaban J connectivity index is 2.06. The number of amides is 2. The fourth-order valence-electron chi connectivity index (χ4n) is 2.55. The molecule has 0 spiro atoms. The van der Waals surface area contributed by atoms with Crippen molar-refractivity contribution in [2.24, 2.45) is 5.41 Å². The lowest BCUT2D eigenvalue weighted by Gasteiger charge is -2.19. The molecule has 28 heavy (non-hydrogen) atoms. The Morgan fingerprint density at radius 3 is 2.07 bits per heavy atom. The lowest BCUT2D eigenvalue weighted by Crippen LogP contribution is -2.30. The van der Waals surface area contributed by atoms with Gasteiger partial charge in [0.2, 0.25) is 5.91 Å². The number of aryl methyl sites for hydroxylation is 2. The Hall–Kier alpha value is -2.34. The maximum absolute atomic E-state index is 12.6. The lowest BCUT2D eigenvalue weighted by atomic mass is 9.95. The van der Waals surface area contributed by atoms with Crippen molar-refractivity contribution in [1.82, 2.24) is 0 Å². The third-order valence-electron chi connectivity index (χ3n) is 4.16. The van der Waals surface area contributed by atoms with E-state index in [-0.39, 0.29) is 11.8 Å². The Morgan fingerprint density at radius 2 is 1.54 bits per heavy atom. The first-order chi connectivity index (χ1) is 13.0.